The Bertz CT molecular complexity index is 284. The molecule has 0 aliphatic rings. The zero-order chi connectivity index (χ0) is 9.84. The molecule has 1 atom stereocenters. The lowest BCUT2D eigenvalue weighted by atomic mass is 10.2. The molecule has 0 radical (unpaired) electrons. The van der Waals surface area contributed by atoms with Crippen LogP contribution in [0.1, 0.15) is 12.5 Å². The van der Waals surface area contributed by atoms with Crippen molar-refractivity contribution in [1.29, 1.82) is 0 Å². The molecule has 0 saturated carbocycles. The Kier molecular flexibility index (Phi) is 3.75. The summed E-state index contributed by atoms with van der Waals surface area (Å²) in [6, 6.07) is 5.75. The number of benzene rings is 1. The quantitative estimate of drug-likeness (QED) is 0.886. The predicted molar refractivity (Wildman–Crippen MR) is 56.1 cm³/mol. The zero-order valence-electron chi connectivity index (χ0n) is 7.75. The Balaban J connectivity index is 2.63. The highest BCUT2D eigenvalue weighted by Gasteiger charge is 2.00. The first-order valence-electron chi connectivity index (χ1n) is 4.16. The molecular formula is C10H13BrO2. The highest BCUT2D eigenvalue weighted by Crippen LogP contribution is 2.21. The summed E-state index contributed by atoms with van der Waals surface area (Å²) in [6.07, 6.45) is -0.427. The second kappa shape index (κ2) is 4.63. The van der Waals surface area contributed by atoms with Crippen LogP contribution in [0.4, 0.5) is 0 Å². The van der Waals surface area contributed by atoms with Crippen LogP contribution in [0.2, 0.25) is 0 Å². The maximum atomic E-state index is 9.00. The van der Waals surface area contributed by atoms with Crippen LogP contribution < -0.4 is 4.74 Å². The van der Waals surface area contributed by atoms with E-state index in [0.29, 0.717) is 6.61 Å². The van der Waals surface area contributed by atoms with E-state index >= 15 is 0 Å². The largest absolute Gasteiger partial charge is 0.491 e. The molecule has 72 valence electrons. The van der Waals surface area contributed by atoms with Gasteiger partial charge in [-0.2, -0.15) is 0 Å². The third kappa shape index (κ3) is 3.36. The lowest BCUT2D eigenvalue weighted by Crippen LogP contribution is -2.12. The fourth-order valence-electron chi connectivity index (χ4n) is 0.924. The van der Waals surface area contributed by atoms with E-state index in [-0.39, 0.29) is 0 Å². The Morgan fingerprint density at radius 2 is 2.23 bits per heavy atom. The third-order valence-corrected chi connectivity index (χ3v) is 2.51. The Hall–Kier alpha value is -0.540. The molecule has 0 amide bonds. The molecule has 0 bridgehead atoms. The molecule has 3 heteroatoms. The fraction of sp³-hybridized carbons (Fsp3) is 0.400. The average molecular weight is 245 g/mol. The van der Waals surface area contributed by atoms with Gasteiger partial charge in [0, 0.05) is 4.47 Å². The van der Waals surface area contributed by atoms with Crippen molar-refractivity contribution in [3.05, 3.63) is 28.2 Å². The number of aryl methyl sites for hydroxylation is 1. The van der Waals surface area contributed by atoms with Crippen LogP contribution in [-0.4, -0.2) is 17.8 Å². The van der Waals surface area contributed by atoms with Crippen LogP contribution in [0.15, 0.2) is 22.7 Å². The van der Waals surface area contributed by atoms with Gasteiger partial charge in [0.25, 0.3) is 0 Å². The van der Waals surface area contributed by atoms with Crippen molar-refractivity contribution in [2.45, 2.75) is 20.0 Å². The number of aliphatic hydroxyl groups is 1. The van der Waals surface area contributed by atoms with Gasteiger partial charge in [-0.1, -0.05) is 15.9 Å². The molecule has 0 unspecified atom stereocenters. The number of hydrogen-bond acceptors (Lipinski definition) is 2. The molecule has 13 heavy (non-hydrogen) atoms. The second-order valence-electron chi connectivity index (χ2n) is 3.07. The van der Waals surface area contributed by atoms with Gasteiger partial charge in [0.05, 0.1) is 6.10 Å². The predicted octanol–water partition coefficient (Wildman–Crippen LogP) is 2.52. The van der Waals surface area contributed by atoms with E-state index in [1.165, 1.54) is 0 Å². The van der Waals surface area contributed by atoms with E-state index in [4.69, 9.17) is 9.84 Å². The number of aliphatic hydroxyl groups excluding tert-OH is 1. The fourth-order valence-corrected chi connectivity index (χ4v) is 1.17. The number of rotatable bonds is 3. The second-order valence-corrected chi connectivity index (χ2v) is 3.93. The first kappa shape index (κ1) is 10.5. The minimum Gasteiger partial charge on any atom is -0.491 e. The summed E-state index contributed by atoms with van der Waals surface area (Å²) in [7, 11) is 0. The lowest BCUT2D eigenvalue weighted by molar-refractivity contribution is 0.122. The Morgan fingerprint density at radius 3 is 2.77 bits per heavy atom. The monoisotopic (exact) mass is 244 g/mol. The molecule has 2 nitrogen and oxygen atoms in total. The molecule has 1 N–H and O–H groups in total. The van der Waals surface area contributed by atoms with E-state index in [1.807, 2.05) is 25.1 Å². The molecule has 0 heterocycles. The summed E-state index contributed by atoms with van der Waals surface area (Å²) >= 11 is 3.40. The highest BCUT2D eigenvalue weighted by molar-refractivity contribution is 9.10. The maximum absolute atomic E-state index is 9.00. The Morgan fingerprint density at radius 1 is 1.54 bits per heavy atom. The van der Waals surface area contributed by atoms with Crippen LogP contribution in [0.5, 0.6) is 5.75 Å². The van der Waals surface area contributed by atoms with Crippen LogP contribution in [-0.2, 0) is 0 Å². The normalized spacial score (nSPS) is 12.6. The van der Waals surface area contributed by atoms with Gasteiger partial charge in [-0.05, 0) is 37.6 Å². The topological polar surface area (TPSA) is 29.5 Å². The molecule has 1 aromatic carbocycles. The van der Waals surface area contributed by atoms with Gasteiger partial charge >= 0.3 is 0 Å². The van der Waals surface area contributed by atoms with Crippen molar-refractivity contribution in [2.24, 2.45) is 0 Å². The van der Waals surface area contributed by atoms with Crippen LogP contribution in [0, 0.1) is 6.92 Å². The van der Waals surface area contributed by atoms with E-state index in [9.17, 15) is 0 Å². The molecule has 0 aliphatic carbocycles. The Labute approximate surface area is 86.7 Å². The first-order valence-corrected chi connectivity index (χ1v) is 4.96. The molecular weight excluding hydrogens is 232 g/mol. The molecule has 0 spiro atoms. The van der Waals surface area contributed by atoms with Crippen molar-refractivity contribution < 1.29 is 9.84 Å². The van der Waals surface area contributed by atoms with E-state index in [0.717, 1.165) is 15.8 Å². The summed E-state index contributed by atoms with van der Waals surface area (Å²) in [5.74, 6) is 0.793. The van der Waals surface area contributed by atoms with E-state index in [1.54, 1.807) is 6.92 Å². The third-order valence-electron chi connectivity index (χ3n) is 1.62. The molecule has 0 aliphatic heterocycles. The van der Waals surface area contributed by atoms with Crippen LogP contribution >= 0.6 is 15.9 Å². The first-order chi connectivity index (χ1) is 6.09. The van der Waals surface area contributed by atoms with E-state index in [2.05, 4.69) is 15.9 Å². The van der Waals surface area contributed by atoms with Crippen molar-refractivity contribution in [1.82, 2.24) is 0 Å². The zero-order valence-corrected chi connectivity index (χ0v) is 9.34. The van der Waals surface area contributed by atoms with Gasteiger partial charge in [-0.15, -0.1) is 0 Å². The molecule has 0 saturated heterocycles. The number of halogens is 1. The molecule has 0 aromatic heterocycles. The summed E-state index contributed by atoms with van der Waals surface area (Å²) in [6.45, 7) is 4.03. The average Bonchev–Trinajstić information content (AvgIpc) is 2.07. The summed E-state index contributed by atoms with van der Waals surface area (Å²) in [5.41, 5.74) is 1.13. The maximum Gasteiger partial charge on any atom is 0.119 e. The minimum absolute atomic E-state index is 0.334. The van der Waals surface area contributed by atoms with E-state index < -0.39 is 6.10 Å². The van der Waals surface area contributed by atoms with Crippen molar-refractivity contribution in [2.75, 3.05) is 6.61 Å². The van der Waals surface area contributed by atoms with Gasteiger partial charge in [0.2, 0.25) is 0 Å². The van der Waals surface area contributed by atoms with Crippen molar-refractivity contribution in [3.63, 3.8) is 0 Å². The lowest BCUT2D eigenvalue weighted by Gasteiger charge is -2.08. The van der Waals surface area contributed by atoms with Crippen LogP contribution in [0.3, 0.4) is 0 Å². The SMILES string of the molecule is Cc1cc(OC[C@@H](C)O)ccc1Br. The molecule has 1 rings (SSSR count). The van der Waals surface area contributed by atoms with Gasteiger partial charge in [0.15, 0.2) is 0 Å². The molecule has 1 aromatic rings. The van der Waals surface area contributed by atoms with Gasteiger partial charge in [-0.3, -0.25) is 0 Å². The summed E-state index contributed by atoms with van der Waals surface area (Å²) in [5, 5.41) is 9.00. The summed E-state index contributed by atoms with van der Waals surface area (Å²) < 4.78 is 6.40. The standard InChI is InChI=1S/C10H13BrO2/c1-7-5-9(3-4-10(7)11)13-6-8(2)12/h3-5,8,12H,6H2,1-2H3/t8-/m1/s1. The van der Waals surface area contributed by atoms with Crippen molar-refractivity contribution in [3.8, 4) is 5.75 Å². The van der Waals surface area contributed by atoms with Gasteiger partial charge < -0.3 is 9.84 Å². The van der Waals surface area contributed by atoms with Crippen molar-refractivity contribution >= 4 is 15.9 Å². The number of ether oxygens (including phenoxy) is 1. The minimum atomic E-state index is -0.427. The van der Waals surface area contributed by atoms with Gasteiger partial charge in [0.1, 0.15) is 12.4 Å². The smallest absolute Gasteiger partial charge is 0.119 e. The number of hydrogen-bond donors (Lipinski definition) is 1. The summed E-state index contributed by atoms with van der Waals surface area (Å²) in [4.78, 5) is 0. The van der Waals surface area contributed by atoms with Gasteiger partial charge in [-0.25, -0.2) is 0 Å². The highest BCUT2D eigenvalue weighted by atomic mass is 79.9. The van der Waals surface area contributed by atoms with Crippen LogP contribution in [0.25, 0.3) is 0 Å². The molecule has 0 fully saturated rings.